The van der Waals surface area contributed by atoms with Crippen LogP contribution >= 0.6 is 0 Å². The Hall–Kier alpha value is -8.36. The minimum absolute atomic E-state index is 0.00954. The van der Waals surface area contributed by atoms with Crippen molar-refractivity contribution in [1.82, 2.24) is 29.6 Å². The lowest BCUT2D eigenvalue weighted by molar-refractivity contribution is -0.117. The maximum atomic E-state index is 13.9. The molecule has 4 aliphatic rings. The molecule has 0 aliphatic carbocycles. The van der Waals surface area contributed by atoms with E-state index in [9.17, 15) is 28.0 Å². The van der Waals surface area contributed by atoms with Crippen LogP contribution in [0.3, 0.4) is 0 Å². The molecule has 4 amide bonds. The Morgan fingerprint density at radius 2 is 0.739 bits per heavy atom. The van der Waals surface area contributed by atoms with Crippen molar-refractivity contribution in [3.63, 3.8) is 0 Å². The molecule has 0 atom stereocenters. The molecule has 19 heteroatoms. The number of fused-ring (bicyclic) bond motifs is 4. The third kappa shape index (κ3) is 16.2. The van der Waals surface area contributed by atoms with Crippen LogP contribution in [0, 0.1) is 11.6 Å². The summed E-state index contributed by atoms with van der Waals surface area (Å²) in [7, 11) is 4.05. The number of hydrogen-bond acceptors (Lipinski definition) is 13. The normalized spacial score (nSPS) is 15.6. The van der Waals surface area contributed by atoms with Crippen molar-refractivity contribution in [2.45, 2.75) is 83.6 Å². The number of carbonyl (C=O) groups is 4. The number of likely N-dealkylation sites (tertiary alicyclic amines) is 4. The summed E-state index contributed by atoms with van der Waals surface area (Å²) in [5.74, 6) is -1.87. The van der Waals surface area contributed by atoms with Crippen molar-refractivity contribution in [2.24, 2.45) is 0 Å². The highest BCUT2D eigenvalue weighted by Gasteiger charge is 2.20. The van der Waals surface area contributed by atoms with Gasteiger partial charge in [-0.05, 0) is 218 Å². The number of nitrogens with one attached hydrogen (secondary N) is 6. The van der Waals surface area contributed by atoms with Crippen LogP contribution < -0.4 is 36.8 Å². The summed E-state index contributed by atoms with van der Waals surface area (Å²) < 4.78 is 27.4. The molecule has 0 radical (unpaired) electrons. The van der Waals surface area contributed by atoms with Gasteiger partial charge in [0, 0.05) is 128 Å². The largest absolute Gasteiger partial charge is 0.380 e. The monoisotopic (exact) mass is 1190 g/mol. The number of hydrogen-bond donors (Lipinski definition) is 6. The maximum Gasteiger partial charge on any atom is 0.225 e. The predicted octanol–water partition coefficient (Wildman–Crippen LogP) is 12.2. The average molecular weight is 1190 g/mol. The Labute approximate surface area is 513 Å². The molecule has 12 rings (SSSR count). The third-order valence-corrected chi connectivity index (χ3v) is 17.2. The summed E-state index contributed by atoms with van der Waals surface area (Å²) in [6.45, 7) is 11.8. The Kier molecular flexibility index (Phi) is 20.3. The van der Waals surface area contributed by atoms with Gasteiger partial charge in [0.1, 0.15) is 0 Å². The number of benzene rings is 6. The number of nitrogens with zero attached hydrogens (tertiary/aromatic N) is 7. The van der Waals surface area contributed by atoms with Crippen molar-refractivity contribution in [1.29, 1.82) is 0 Å². The fourth-order valence-electron chi connectivity index (χ4n) is 12.3. The van der Waals surface area contributed by atoms with Crippen LogP contribution in [0.2, 0.25) is 0 Å². The van der Waals surface area contributed by atoms with Gasteiger partial charge < -0.3 is 56.4 Å². The fourth-order valence-corrected chi connectivity index (χ4v) is 12.3. The van der Waals surface area contributed by atoms with Gasteiger partial charge in [0.25, 0.3) is 0 Å². The molecule has 17 nitrogen and oxygen atoms in total. The van der Waals surface area contributed by atoms with E-state index < -0.39 is 11.6 Å². The molecule has 88 heavy (non-hydrogen) atoms. The molecule has 4 aliphatic heterocycles. The number of halogens is 2. The van der Waals surface area contributed by atoms with Crippen LogP contribution in [0.15, 0.2) is 115 Å². The van der Waals surface area contributed by atoms with Crippen molar-refractivity contribution < 1.29 is 28.0 Å². The van der Waals surface area contributed by atoms with E-state index in [4.69, 9.17) is 9.97 Å². The Morgan fingerprint density at radius 3 is 1.07 bits per heavy atom. The van der Waals surface area contributed by atoms with Crippen molar-refractivity contribution in [3.8, 4) is 0 Å². The van der Waals surface area contributed by atoms with Crippen molar-refractivity contribution >= 4 is 113 Å². The van der Waals surface area contributed by atoms with Crippen LogP contribution in [0.1, 0.15) is 82.6 Å². The van der Waals surface area contributed by atoms with Gasteiger partial charge in [-0.2, -0.15) is 0 Å². The van der Waals surface area contributed by atoms with Gasteiger partial charge in [0.15, 0.2) is 11.6 Å². The molecular formula is C69H81F2N13O4. The summed E-state index contributed by atoms with van der Waals surface area (Å²) in [6.07, 6.45) is 11.4. The summed E-state index contributed by atoms with van der Waals surface area (Å²) in [5, 5.41) is 22.7. The van der Waals surface area contributed by atoms with Crippen LogP contribution in [0.5, 0.6) is 0 Å². The number of amides is 4. The minimum Gasteiger partial charge on any atom is -0.380 e. The number of pyridine rings is 2. The first-order valence-corrected chi connectivity index (χ1v) is 31.4. The maximum absolute atomic E-state index is 13.9. The summed E-state index contributed by atoms with van der Waals surface area (Å²) in [4.78, 5) is 72.2. The van der Waals surface area contributed by atoms with Crippen LogP contribution in [-0.4, -0.2) is 146 Å². The molecule has 0 spiro atoms. The van der Waals surface area contributed by atoms with Crippen LogP contribution in [0.4, 0.5) is 54.3 Å². The standard InChI is InChI=1S/C35H43N7O2.C34H38F2N6O2/c1-40(2)28-11-7-25(8-12-28)38-35-29-13-9-26(36-33(43)15-21-41-17-3-4-18-41)23-31(29)39-32-24-27(10-14-30(32)35)37-34(44)16-22-42-19-5-6-20-42;35-28-10-5-23(19-29(28)36)22-37-34-26-8-6-24(38-32(43)11-17-41-13-1-2-14-41)20-30(26)40-31-21-25(7-9-27(31)34)39-33(44)12-18-42-15-3-4-16-42/h7-14,23-24H,3-6,15-22H2,1-2H3,(H,36,43)(H,37,44)(H,38,39);5-10,19-21H,1-4,11-18,22H2,(H,37,40)(H,38,43)(H,39,44). The molecule has 6 N–H and O–H groups in total. The molecule has 0 unspecified atom stereocenters. The second kappa shape index (κ2) is 29.1. The lowest BCUT2D eigenvalue weighted by Crippen LogP contribution is -2.25. The van der Waals surface area contributed by atoms with E-state index in [-0.39, 0.29) is 30.2 Å². The molecule has 4 fully saturated rings. The highest BCUT2D eigenvalue weighted by Crippen LogP contribution is 2.37. The molecule has 4 saturated heterocycles. The average Bonchev–Trinajstić information content (AvgIpc) is 1.71. The molecule has 8 aromatic rings. The zero-order chi connectivity index (χ0) is 60.9. The molecule has 6 heterocycles. The Morgan fingerprint density at radius 1 is 0.409 bits per heavy atom. The van der Waals surface area contributed by atoms with E-state index in [2.05, 4.69) is 80.7 Å². The fraction of sp³-hybridized carbons (Fsp3) is 0.391. The van der Waals surface area contributed by atoms with Gasteiger partial charge in [0.05, 0.1) is 33.4 Å². The quantitative estimate of drug-likeness (QED) is 0.0353. The summed E-state index contributed by atoms with van der Waals surface area (Å²) >= 11 is 0. The highest BCUT2D eigenvalue weighted by molar-refractivity contribution is 6.12. The minimum atomic E-state index is -0.899. The van der Waals surface area contributed by atoms with E-state index in [0.717, 1.165) is 151 Å². The highest BCUT2D eigenvalue weighted by atomic mass is 19.2. The number of aromatic nitrogens is 2. The van der Waals surface area contributed by atoms with Gasteiger partial charge in [0.2, 0.25) is 23.6 Å². The van der Waals surface area contributed by atoms with E-state index in [1.165, 1.54) is 57.4 Å². The topological polar surface area (TPSA) is 182 Å². The Bertz CT molecular complexity index is 3600. The molecule has 2 aromatic heterocycles. The summed E-state index contributed by atoms with van der Waals surface area (Å²) in [5.41, 5.74) is 9.95. The number of anilines is 8. The smallest absolute Gasteiger partial charge is 0.225 e. The van der Waals surface area contributed by atoms with E-state index in [1.807, 2.05) is 86.9 Å². The molecule has 460 valence electrons. The molecule has 0 saturated carbocycles. The molecule has 6 aromatic carbocycles. The molecular weight excluding hydrogens is 1110 g/mol. The molecule has 0 bridgehead atoms. The first-order chi connectivity index (χ1) is 42.8. The second-order valence-corrected chi connectivity index (χ2v) is 24.0. The van der Waals surface area contributed by atoms with Crippen LogP contribution in [0.25, 0.3) is 43.6 Å². The lowest BCUT2D eigenvalue weighted by atomic mass is 10.1. The number of rotatable bonds is 22. The van der Waals surface area contributed by atoms with Gasteiger partial charge in [-0.3, -0.25) is 19.2 Å². The van der Waals surface area contributed by atoms with Gasteiger partial charge >= 0.3 is 0 Å². The number of carbonyl (C=O) groups excluding carboxylic acids is 4. The lowest BCUT2D eigenvalue weighted by Gasteiger charge is -2.17. The van der Waals surface area contributed by atoms with E-state index >= 15 is 0 Å². The predicted molar refractivity (Wildman–Crippen MR) is 352 cm³/mol. The first-order valence-electron chi connectivity index (χ1n) is 31.4. The zero-order valence-corrected chi connectivity index (χ0v) is 50.7. The second-order valence-electron chi connectivity index (χ2n) is 24.0. The van der Waals surface area contributed by atoms with E-state index in [1.54, 1.807) is 6.07 Å². The zero-order valence-electron chi connectivity index (χ0n) is 50.7. The SMILES string of the molecule is CN(C)c1ccc(Nc2c3ccc(NC(=O)CCN4CCCC4)cc3nc3cc(NC(=O)CCN4CCCC4)ccc23)cc1.O=C(CCN1CCCC1)Nc1ccc2c(NCc3ccc(F)c(F)c3)c3ccc(NC(=O)CCN4CCCC4)cc3nc2c1. The first kappa shape index (κ1) is 61.3. The van der Waals surface area contributed by atoms with Crippen molar-refractivity contribution in [3.05, 3.63) is 132 Å². The Balaban J connectivity index is 0.000000182. The third-order valence-electron chi connectivity index (χ3n) is 17.2. The van der Waals surface area contributed by atoms with Gasteiger partial charge in [-0.25, -0.2) is 18.7 Å². The van der Waals surface area contributed by atoms with Gasteiger partial charge in [-0.1, -0.05) is 6.07 Å². The van der Waals surface area contributed by atoms with Crippen molar-refractivity contribution in [2.75, 3.05) is 129 Å². The summed E-state index contributed by atoms with van der Waals surface area (Å²) in [6, 6.07) is 35.1. The van der Waals surface area contributed by atoms with Crippen LogP contribution in [-0.2, 0) is 25.7 Å². The van der Waals surface area contributed by atoms with Gasteiger partial charge in [-0.15, -0.1) is 0 Å². The van der Waals surface area contributed by atoms with E-state index in [0.29, 0.717) is 53.7 Å².